The molecule has 0 unspecified atom stereocenters. The fourth-order valence-corrected chi connectivity index (χ4v) is 1.92. The Morgan fingerprint density at radius 2 is 1.95 bits per heavy atom. The van der Waals surface area contributed by atoms with Crippen LogP contribution in [0.4, 0.5) is 5.82 Å². The lowest BCUT2D eigenvalue weighted by molar-refractivity contribution is 0.0945. The lowest BCUT2D eigenvalue weighted by atomic mass is 10.1. The first kappa shape index (κ1) is 13.5. The van der Waals surface area contributed by atoms with Crippen molar-refractivity contribution in [2.24, 2.45) is 0 Å². The van der Waals surface area contributed by atoms with E-state index in [1.165, 1.54) is 17.3 Å². The van der Waals surface area contributed by atoms with Gasteiger partial charge >= 0.3 is 0 Å². The smallest absolute Gasteiger partial charge is 0.271 e. The molecular weight excluding hydrogens is 264 g/mol. The van der Waals surface area contributed by atoms with Crippen molar-refractivity contribution in [1.29, 1.82) is 0 Å². The van der Waals surface area contributed by atoms with Crippen LogP contribution in [0.15, 0.2) is 36.7 Å². The van der Waals surface area contributed by atoms with E-state index in [-0.39, 0.29) is 5.91 Å². The number of aromatic nitrogens is 2. The molecule has 21 heavy (non-hydrogen) atoms. The summed E-state index contributed by atoms with van der Waals surface area (Å²) in [6.07, 6.45) is 5.23. The molecule has 108 valence electrons. The quantitative estimate of drug-likeness (QED) is 0.883. The predicted octanol–water partition coefficient (Wildman–Crippen LogP) is 2.29. The summed E-state index contributed by atoms with van der Waals surface area (Å²) < 4.78 is 0. The zero-order valence-corrected chi connectivity index (χ0v) is 12.0. The monoisotopic (exact) mass is 282 g/mol. The summed E-state index contributed by atoms with van der Waals surface area (Å²) in [6.45, 7) is 2.75. The lowest BCUT2D eigenvalue weighted by Gasteiger charge is -2.07. The second-order valence-electron chi connectivity index (χ2n) is 5.37. The third kappa shape index (κ3) is 3.78. The molecule has 1 amide bonds. The first-order valence-electron chi connectivity index (χ1n) is 7.13. The Morgan fingerprint density at radius 3 is 2.57 bits per heavy atom. The van der Waals surface area contributed by atoms with Gasteiger partial charge in [0.2, 0.25) is 0 Å². The third-order valence-electron chi connectivity index (χ3n) is 3.39. The standard InChI is InChI=1S/C16H18N4O/c1-11-2-4-12(5-3-11)8-18-15-10-17-14(9-19-15)16(21)20-13-6-7-13/h2-5,9-10,13H,6-8H2,1H3,(H,18,19)(H,20,21). The summed E-state index contributed by atoms with van der Waals surface area (Å²) in [7, 11) is 0. The Balaban J connectivity index is 1.56. The van der Waals surface area contributed by atoms with Crippen LogP contribution in [0.25, 0.3) is 0 Å². The van der Waals surface area contributed by atoms with Crippen molar-refractivity contribution in [1.82, 2.24) is 15.3 Å². The van der Waals surface area contributed by atoms with Crippen LogP contribution in [0, 0.1) is 6.92 Å². The SMILES string of the molecule is Cc1ccc(CNc2cnc(C(=O)NC3CC3)cn2)cc1. The van der Waals surface area contributed by atoms with Crippen molar-refractivity contribution in [3.05, 3.63) is 53.5 Å². The van der Waals surface area contributed by atoms with Crippen molar-refractivity contribution >= 4 is 11.7 Å². The number of hydrogen-bond acceptors (Lipinski definition) is 4. The summed E-state index contributed by atoms with van der Waals surface area (Å²) in [5, 5.41) is 6.09. The van der Waals surface area contributed by atoms with Gasteiger partial charge in [0.15, 0.2) is 0 Å². The van der Waals surface area contributed by atoms with Gasteiger partial charge in [-0.15, -0.1) is 0 Å². The number of aryl methyl sites for hydroxylation is 1. The molecule has 1 aliphatic rings. The first-order valence-corrected chi connectivity index (χ1v) is 7.13. The number of anilines is 1. The van der Waals surface area contributed by atoms with Crippen LogP contribution in [-0.2, 0) is 6.54 Å². The molecule has 0 spiro atoms. The minimum absolute atomic E-state index is 0.143. The fourth-order valence-electron chi connectivity index (χ4n) is 1.92. The molecule has 0 bridgehead atoms. The van der Waals surface area contributed by atoms with Gasteiger partial charge in [-0.3, -0.25) is 4.79 Å². The molecule has 3 rings (SSSR count). The molecule has 1 saturated carbocycles. The Hall–Kier alpha value is -2.43. The van der Waals surface area contributed by atoms with E-state index in [0.29, 0.717) is 24.1 Å². The summed E-state index contributed by atoms with van der Waals surface area (Å²) in [5.74, 6) is 0.522. The Bertz CT molecular complexity index is 618. The van der Waals surface area contributed by atoms with Crippen LogP contribution in [0.5, 0.6) is 0 Å². The summed E-state index contributed by atoms with van der Waals surface area (Å²) in [4.78, 5) is 20.2. The molecule has 0 saturated heterocycles. The highest BCUT2D eigenvalue weighted by Gasteiger charge is 2.24. The maximum atomic E-state index is 11.8. The number of rotatable bonds is 5. The van der Waals surface area contributed by atoms with Crippen molar-refractivity contribution in [3.8, 4) is 0 Å². The third-order valence-corrected chi connectivity index (χ3v) is 3.39. The van der Waals surface area contributed by atoms with Gasteiger partial charge in [-0.05, 0) is 25.3 Å². The van der Waals surface area contributed by atoms with Gasteiger partial charge in [-0.25, -0.2) is 9.97 Å². The van der Waals surface area contributed by atoms with Crippen molar-refractivity contribution in [2.75, 3.05) is 5.32 Å². The van der Waals surface area contributed by atoms with Crippen LogP contribution in [0.1, 0.15) is 34.5 Å². The van der Waals surface area contributed by atoms with Crippen molar-refractivity contribution < 1.29 is 4.79 Å². The van der Waals surface area contributed by atoms with Gasteiger partial charge in [0.25, 0.3) is 5.91 Å². The van der Waals surface area contributed by atoms with E-state index in [9.17, 15) is 4.79 Å². The topological polar surface area (TPSA) is 66.9 Å². The molecule has 2 aromatic rings. The highest BCUT2D eigenvalue weighted by molar-refractivity contribution is 5.92. The van der Waals surface area contributed by atoms with Crippen LogP contribution < -0.4 is 10.6 Å². The van der Waals surface area contributed by atoms with Crippen LogP contribution in [0.3, 0.4) is 0 Å². The molecule has 1 fully saturated rings. The molecule has 0 aliphatic heterocycles. The van der Waals surface area contributed by atoms with E-state index < -0.39 is 0 Å². The maximum absolute atomic E-state index is 11.8. The van der Waals surface area contributed by atoms with E-state index in [1.807, 2.05) is 0 Å². The van der Waals surface area contributed by atoms with Crippen LogP contribution in [-0.4, -0.2) is 21.9 Å². The highest BCUT2D eigenvalue weighted by Crippen LogP contribution is 2.19. The maximum Gasteiger partial charge on any atom is 0.271 e. The van der Waals surface area contributed by atoms with Crippen LogP contribution in [0.2, 0.25) is 0 Å². The number of carbonyl (C=O) groups is 1. The number of benzene rings is 1. The van der Waals surface area contributed by atoms with E-state index >= 15 is 0 Å². The second-order valence-corrected chi connectivity index (χ2v) is 5.37. The van der Waals surface area contributed by atoms with Gasteiger partial charge in [0, 0.05) is 12.6 Å². The average Bonchev–Trinajstić information content (AvgIpc) is 3.31. The molecule has 1 heterocycles. The zero-order chi connectivity index (χ0) is 14.7. The molecule has 1 aliphatic carbocycles. The normalized spacial score (nSPS) is 13.8. The van der Waals surface area contributed by atoms with Gasteiger partial charge in [0.05, 0.1) is 12.4 Å². The van der Waals surface area contributed by atoms with Gasteiger partial charge in [-0.1, -0.05) is 29.8 Å². The summed E-state index contributed by atoms with van der Waals surface area (Å²) in [5.41, 5.74) is 2.78. The van der Waals surface area contributed by atoms with E-state index in [0.717, 1.165) is 12.8 Å². The minimum Gasteiger partial charge on any atom is -0.365 e. The minimum atomic E-state index is -0.143. The Morgan fingerprint density at radius 1 is 1.19 bits per heavy atom. The van der Waals surface area contributed by atoms with Gasteiger partial charge < -0.3 is 10.6 Å². The van der Waals surface area contributed by atoms with Gasteiger partial charge in [-0.2, -0.15) is 0 Å². The van der Waals surface area contributed by atoms with Crippen molar-refractivity contribution in [3.63, 3.8) is 0 Å². The highest BCUT2D eigenvalue weighted by atomic mass is 16.2. The molecule has 1 aromatic carbocycles. The Labute approximate surface area is 123 Å². The Kier molecular flexibility index (Phi) is 3.81. The number of amides is 1. The first-order chi connectivity index (χ1) is 10.2. The second kappa shape index (κ2) is 5.91. The molecule has 0 radical (unpaired) electrons. The molecule has 1 aromatic heterocycles. The largest absolute Gasteiger partial charge is 0.365 e. The predicted molar refractivity (Wildman–Crippen MR) is 81.0 cm³/mol. The molecule has 0 atom stereocenters. The van der Waals surface area contributed by atoms with E-state index in [2.05, 4.69) is 51.8 Å². The fraction of sp³-hybridized carbons (Fsp3) is 0.312. The zero-order valence-electron chi connectivity index (χ0n) is 12.0. The number of nitrogens with zero attached hydrogens (tertiary/aromatic N) is 2. The number of hydrogen-bond donors (Lipinski definition) is 2. The lowest BCUT2D eigenvalue weighted by Crippen LogP contribution is -2.26. The molecule has 5 nitrogen and oxygen atoms in total. The molecule has 2 N–H and O–H groups in total. The van der Waals surface area contributed by atoms with Crippen molar-refractivity contribution in [2.45, 2.75) is 32.4 Å². The molecular formula is C16H18N4O. The molecule has 5 heteroatoms. The van der Waals surface area contributed by atoms with Crippen LogP contribution >= 0.6 is 0 Å². The average molecular weight is 282 g/mol. The number of nitrogens with one attached hydrogen (secondary N) is 2. The summed E-state index contributed by atoms with van der Waals surface area (Å²) >= 11 is 0. The summed E-state index contributed by atoms with van der Waals surface area (Å²) in [6, 6.07) is 8.64. The van der Waals surface area contributed by atoms with E-state index in [4.69, 9.17) is 0 Å². The number of carbonyl (C=O) groups excluding carboxylic acids is 1. The van der Waals surface area contributed by atoms with E-state index in [1.54, 1.807) is 6.20 Å². The van der Waals surface area contributed by atoms with Gasteiger partial charge in [0.1, 0.15) is 11.5 Å².